The van der Waals surface area contributed by atoms with Gasteiger partial charge in [-0.3, -0.25) is 0 Å². The smallest absolute Gasteiger partial charge is 0.402 e. The van der Waals surface area contributed by atoms with E-state index in [1.54, 1.807) is 14.2 Å². The predicted octanol–water partition coefficient (Wildman–Crippen LogP) is 6.07. The second-order valence-corrected chi connectivity index (χ2v) is 9.02. The van der Waals surface area contributed by atoms with Gasteiger partial charge in [0.05, 0.1) is 0 Å². The molecule has 36 heavy (non-hydrogen) atoms. The minimum Gasteiger partial charge on any atom is -0.402 e. The molecule has 2 atom stereocenters. The molecule has 1 aliphatic rings. The Bertz CT molecular complexity index is 1060. The van der Waals surface area contributed by atoms with Gasteiger partial charge in [-0.2, -0.15) is 0 Å². The first kappa shape index (κ1) is 24.5. The highest BCUT2D eigenvalue weighted by atomic mass is 16.7. The summed E-state index contributed by atoms with van der Waals surface area (Å²) >= 11 is 0. The van der Waals surface area contributed by atoms with E-state index in [4.69, 9.17) is 18.8 Å². The number of ether oxygens (including phenoxy) is 2. The van der Waals surface area contributed by atoms with Crippen LogP contribution in [-0.2, 0) is 30.0 Å². The first-order chi connectivity index (χ1) is 17.7. The minimum absolute atomic E-state index is 0.469. The van der Waals surface area contributed by atoms with E-state index in [2.05, 4.69) is 48.5 Å². The van der Waals surface area contributed by atoms with Crippen molar-refractivity contribution in [3.05, 3.63) is 144 Å². The van der Waals surface area contributed by atoms with E-state index in [0.29, 0.717) is 0 Å². The zero-order valence-electron chi connectivity index (χ0n) is 20.9. The van der Waals surface area contributed by atoms with Crippen molar-refractivity contribution >= 4 is 7.12 Å². The van der Waals surface area contributed by atoms with E-state index in [1.807, 2.05) is 79.6 Å². The minimum atomic E-state index is -0.953. The zero-order valence-corrected chi connectivity index (χ0v) is 20.9. The van der Waals surface area contributed by atoms with E-state index >= 15 is 0 Å². The largest absolute Gasteiger partial charge is 0.454 e. The average molecular weight is 478 g/mol. The van der Waals surface area contributed by atoms with Crippen LogP contribution in [0.25, 0.3) is 0 Å². The summed E-state index contributed by atoms with van der Waals surface area (Å²) in [6.07, 6.45) is -1.08. The molecule has 5 heteroatoms. The Morgan fingerprint density at radius 2 is 0.750 bits per heavy atom. The number of methoxy groups -OCH3 is 2. The molecule has 1 saturated heterocycles. The highest BCUT2D eigenvalue weighted by Gasteiger charge is 2.60. The molecule has 0 spiro atoms. The van der Waals surface area contributed by atoms with Crippen LogP contribution in [-0.4, -0.2) is 33.5 Å². The quantitative estimate of drug-likeness (QED) is 0.288. The second kappa shape index (κ2) is 10.4. The third-order valence-electron chi connectivity index (χ3n) is 7.21. The third kappa shape index (κ3) is 3.99. The molecule has 0 bridgehead atoms. The molecule has 0 aromatic heterocycles. The zero-order chi connectivity index (χ0) is 25.0. The van der Waals surface area contributed by atoms with Crippen molar-refractivity contribution in [2.24, 2.45) is 0 Å². The molecule has 1 fully saturated rings. The van der Waals surface area contributed by atoms with Crippen molar-refractivity contribution in [1.82, 2.24) is 0 Å². The summed E-state index contributed by atoms with van der Waals surface area (Å²) in [5.41, 5.74) is 2.03. The Morgan fingerprint density at radius 1 is 0.500 bits per heavy atom. The first-order valence-corrected chi connectivity index (χ1v) is 12.3. The van der Waals surface area contributed by atoms with E-state index in [0.717, 1.165) is 22.3 Å². The Morgan fingerprint density at radius 3 is 0.972 bits per heavy atom. The Balaban J connectivity index is 1.79. The lowest BCUT2D eigenvalue weighted by Gasteiger charge is -2.47. The monoisotopic (exact) mass is 478 g/mol. The molecule has 0 amide bonds. The van der Waals surface area contributed by atoms with Crippen LogP contribution in [0.1, 0.15) is 22.3 Å². The van der Waals surface area contributed by atoms with Gasteiger partial charge in [0.2, 0.25) is 0 Å². The predicted molar refractivity (Wildman–Crippen MR) is 143 cm³/mol. The fourth-order valence-electron chi connectivity index (χ4n) is 5.64. The standard InChI is InChI=1S/C31H31BO4/c1-32-35-28(30(33-2,24-16-8-4-9-17-24)25-18-10-5-11-19-25)29(36-32)31(34-3,26-20-12-6-13-21-26)27-22-14-7-15-23-27/h4-23,28-29H,1-3H3/t28-,29-/m1/s1. The van der Waals surface area contributed by atoms with Crippen LogP contribution < -0.4 is 0 Å². The molecule has 4 aromatic carbocycles. The maximum atomic E-state index is 6.66. The topological polar surface area (TPSA) is 36.9 Å². The SMILES string of the molecule is COC(c1ccccc1)(c1ccccc1)[C@@H]1OB(C)O[C@H]1C(OC)(c1ccccc1)c1ccccc1. The van der Waals surface area contributed by atoms with Gasteiger partial charge in [-0.25, -0.2) is 0 Å². The lowest BCUT2D eigenvalue weighted by molar-refractivity contribution is -0.136. The van der Waals surface area contributed by atoms with Gasteiger partial charge in [-0.1, -0.05) is 121 Å². The molecule has 0 radical (unpaired) electrons. The van der Waals surface area contributed by atoms with Crippen molar-refractivity contribution in [2.75, 3.05) is 14.2 Å². The van der Waals surface area contributed by atoms with Crippen molar-refractivity contribution in [2.45, 2.75) is 30.2 Å². The first-order valence-electron chi connectivity index (χ1n) is 12.3. The maximum absolute atomic E-state index is 6.66. The molecule has 0 aliphatic carbocycles. The Kier molecular flexibility index (Phi) is 7.08. The van der Waals surface area contributed by atoms with Gasteiger partial charge in [0.15, 0.2) is 0 Å². The number of hydrogen-bond donors (Lipinski definition) is 0. The number of hydrogen-bond acceptors (Lipinski definition) is 4. The van der Waals surface area contributed by atoms with E-state index in [1.165, 1.54) is 0 Å². The van der Waals surface area contributed by atoms with E-state index < -0.39 is 30.5 Å². The highest BCUT2D eigenvalue weighted by Crippen LogP contribution is 2.50. The molecule has 0 N–H and O–H groups in total. The van der Waals surface area contributed by atoms with Crippen LogP contribution in [0.3, 0.4) is 0 Å². The Hall–Kier alpha value is -3.22. The number of rotatable bonds is 8. The van der Waals surface area contributed by atoms with Gasteiger partial charge >= 0.3 is 7.12 Å². The van der Waals surface area contributed by atoms with Crippen molar-refractivity contribution in [3.8, 4) is 0 Å². The summed E-state index contributed by atoms with van der Waals surface area (Å²) in [7, 11) is 3.01. The molecule has 1 heterocycles. The van der Waals surface area contributed by atoms with Crippen LogP contribution in [0.2, 0.25) is 6.82 Å². The molecule has 4 aromatic rings. The summed E-state index contributed by atoms with van der Waals surface area (Å²) in [5.74, 6) is 0. The molecule has 1 aliphatic heterocycles. The number of benzene rings is 4. The average Bonchev–Trinajstić information content (AvgIpc) is 3.34. The van der Waals surface area contributed by atoms with E-state index in [-0.39, 0.29) is 0 Å². The van der Waals surface area contributed by atoms with Crippen molar-refractivity contribution < 1.29 is 18.8 Å². The van der Waals surface area contributed by atoms with Crippen LogP contribution >= 0.6 is 0 Å². The van der Waals surface area contributed by atoms with Crippen LogP contribution in [0.15, 0.2) is 121 Å². The van der Waals surface area contributed by atoms with Crippen molar-refractivity contribution in [3.63, 3.8) is 0 Å². The van der Waals surface area contributed by atoms with E-state index in [9.17, 15) is 0 Å². The van der Waals surface area contributed by atoms with Crippen LogP contribution in [0.4, 0.5) is 0 Å². The maximum Gasteiger partial charge on any atom is 0.454 e. The van der Waals surface area contributed by atoms with Crippen LogP contribution in [0, 0.1) is 0 Å². The van der Waals surface area contributed by atoms with Gasteiger partial charge in [-0.15, -0.1) is 0 Å². The lowest BCUT2D eigenvalue weighted by atomic mass is 9.71. The summed E-state index contributed by atoms with van der Waals surface area (Å²) in [5, 5.41) is 0. The normalized spacial score (nSPS) is 18.4. The molecular weight excluding hydrogens is 447 g/mol. The molecule has 182 valence electrons. The third-order valence-corrected chi connectivity index (χ3v) is 7.21. The van der Waals surface area contributed by atoms with Gasteiger partial charge in [0.25, 0.3) is 0 Å². The van der Waals surface area contributed by atoms with Gasteiger partial charge < -0.3 is 18.8 Å². The van der Waals surface area contributed by atoms with Gasteiger partial charge in [0.1, 0.15) is 23.4 Å². The van der Waals surface area contributed by atoms with Crippen molar-refractivity contribution in [1.29, 1.82) is 0 Å². The lowest BCUT2D eigenvalue weighted by Crippen LogP contribution is -2.56. The summed E-state index contributed by atoms with van der Waals surface area (Å²) in [6.45, 7) is 1.93. The second-order valence-electron chi connectivity index (χ2n) is 9.02. The molecule has 0 saturated carbocycles. The summed E-state index contributed by atoms with van der Waals surface area (Å²) in [4.78, 5) is 0. The molecule has 5 rings (SSSR count). The van der Waals surface area contributed by atoms with Crippen LogP contribution in [0.5, 0.6) is 0 Å². The Labute approximate surface area is 213 Å². The van der Waals surface area contributed by atoms with Gasteiger partial charge in [-0.05, 0) is 29.1 Å². The molecular formula is C31H31BO4. The van der Waals surface area contributed by atoms with Gasteiger partial charge in [0, 0.05) is 14.2 Å². The molecule has 0 unspecified atom stereocenters. The molecule has 4 nitrogen and oxygen atoms in total. The fourth-order valence-corrected chi connectivity index (χ4v) is 5.64. The fraction of sp³-hybridized carbons (Fsp3) is 0.226. The summed E-state index contributed by atoms with van der Waals surface area (Å²) < 4.78 is 26.4. The summed E-state index contributed by atoms with van der Waals surface area (Å²) in [6, 6.07) is 40.9. The highest BCUT2D eigenvalue weighted by molar-refractivity contribution is 6.43.